The number of thioether (sulfide) groups is 1. The standard InChI is InChI=1S/C20H31N3O3S/c1-14(2)26-13-19(24)21-10-18-16-9-15(11-22(12-16)7-8-27-3)17-5-4-6-20(25)23(17)18/h4-6,14-16,18H,7-13H2,1-3H3,(H,21,24)/t15-,16+,18+/m1/s1. The van der Waals surface area contributed by atoms with E-state index in [1.165, 1.54) is 0 Å². The predicted octanol–water partition coefficient (Wildman–Crippen LogP) is 1.71. The summed E-state index contributed by atoms with van der Waals surface area (Å²) in [7, 11) is 0. The van der Waals surface area contributed by atoms with Gasteiger partial charge in [0.1, 0.15) is 6.61 Å². The van der Waals surface area contributed by atoms with E-state index in [2.05, 4.69) is 22.5 Å². The number of carbonyl (C=O) groups is 1. The molecule has 3 heterocycles. The van der Waals surface area contributed by atoms with Crippen molar-refractivity contribution in [3.8, 4) is 0 Å². The zero-order valence-corrected chi connectivity index (χ0v) is 17.3. The molecular weight excluding hydrogens is 362 g/mol. The highest BCUT2D eigenvalue weighted by molar-refractivity contribution is 7.98. The van der Waals surface area contributed by atoms with Crippen molar-refractivity contribution in [2.24, 2.45) is 5.92 Å². The number of aromatic nitrogens is 1. The largest absolute Gasteiger partial charge is 0.369 e. The van der Waals surface area contributed by atoms with Gasteiger partial charge in [-0.1, -0.05) is 6.07 Å². The number of hydrogen-bond donors (Lipinski definition) is 1. The fourth-order valence-electron chi connectivity index (χ4n) is 4.31. The molecule has 0 aromatic carbocycles. The second-order valence-corrected chi connectivity index (χ2v) is 8.82. The first-order valence-electron chi connectivity index (χ1n) is 9.80. The van der Waals surface area contributed by atoms with Crippen LogP contribution in [0.3, 0.4) is 0 Å². The van der Waals surface area contributed by atoms with Gasteiger partial charge in [-0.3, -0.25) is 9.59 Å². The maximum absolute atomic E-state index is 12.6. The number of carbonyl (C=O) groups excluding carboxylic acids is 1. The molecule has 1 aromatic rings. The summed E-state index contributed by atoms with van der Waals surface area (Å²) in [5, 5.41) is 2.99. The summed E-state index contributed by atoms with van der Waals surface area (Å²) < 4.78 is 7.33. The van der Waals surface area contributed by atoms with Gasteiger partial charge in [-0.05, 0) is 38.5 Å². The molecule has 150 valence electrons. The van der Waals surface area contributed by atoms with E-state index in [0.29, 0.717) is 18.4 Å². The Labute approximate surface area is 165 Å². The molecule has 1 aromatic heterocycles. The van der Waals surface area contributed by atoms with E-state index in [4.69, 9.17) is 4.74 Å². The van der Waals surface area contributed by atoms with E-state index in [-0.39, 0.29) is 30.2 Å². The highest BCUT2D eigenvalue weighted by Crippen LogP contribution is 2.40. The lowest BCUT2D eigenvalue weighted by Gasteiger charge is -2.47. The van der Waals surface area contributed by atoms with Crippen LogP contribution in [0.15, 0.2) is 23.0 Å². The molecule has 1 N–H and O–H groups in total. The molecule has 2 bridgehead atoms. The number of amides is 1. The van der Waals surface area contributed by atoms with Gasteiger partial charge < -0.3 is 19.5 Å². The molecule has 0 saturated carbocycles. The van der Waals surface area contributed by atoms with Crippen LogP contribution in [0.25, 0.3) is 0 Å². The molecule has 1 amide bonds. The van der Waals surface area contributed by atoms with Crippen LogP contribution in [0.1, 0.15) is 37.9 Å². The van der Waals surface area contributed by atoms with Crippen LogP contribution in [-0.2, 0) is 9.53 Å². The Morgan fingerprint density at radius 3 is 2.93 bits per heavy atom. The van der Waals surface area contributed by atoms with Crippen LogP contribution in [0.4, 0.5) is 0 Å². The Morgan fingerprint density at radius 1 is 1.37 bits per heavy atom. The van der Waals surface area contributed by atoms with Gasteiger partial charge in [0.05, 0.1) is 12.1 Å². The van der Waals surface area contributed by atoms with Gasteiger partial charge in [0.25, 0.3) is 5.56 Å². The average Bonchev–Trinajstić information content (AvgIpc) is 2.65. The van der Waals surface area contributed by atoms with E-state index in [0.717, 1.165) is 37.5 Å². The molecule has 1 saturated heterocycles. The molecule has 0 unspecified atom stereocenters. The zero-order chi connectivity index (χ0) is 19.4. The number of nitrogens with one attached hydrogen (secondary N) is 1. The van der Waals surface area contributed by atoms with Crippen LogP contribution in [0.5, 0.6) is 0 Å². The van der Waals surface area contributed by atoms with Crippen molar-refractivity contribution in [2.45, 2.75) is 38.3 Å². The minimum atomic E-state index is -0.119. The Hall–Kier alpha value is -1.31. The van der Waals surface area contributed by atoms with Crippen molar-refractivity contribution in [1.29, 1.82) is 0 Å². The Balaban J connectivity index is 1.76. The second-order valence-electron chi connectivity index (χ2n) is 7.84. The third-order valence-corrected chi connectivity index (χ3v) is 6.13. The van der Waals surface area contributed by atoms with E-state index < -0.39 is 0 Å². The molecule has 27 heavy (non-hydrogen) atoms. The minimum absolute atomic E-state index is 0.00466. The highest BCUT2D eigenvalue weighted by Gasteiger charge is 2.40. The number of likely N-dealkylation sites (tertiary alicyclic amines) is 1. The molecule has 1 fully saturated rings. The first-order chi connectivity index (χ1) is 13.0. The smallest absolute Gasteiger partial charge is 0.251 e. The van der Waals surface area contributed by atoms with Gasteiger partial charge in [0.15, 0.2) is 0 Å². The fourth-order valence-corrected chi connectivity index (χ4v) is 4.75. The number of hydrogen-bond acceptors (Lipinski definition) is 5. The van der Waals surface area contributed by atoms with Gasteiger partial charge in [0.2, 0.25) is 5.91 Å². The van der Waals surface area contributed by atoms with Crippen molar-refractivity contribution in [1.82, 2.24) is 14.8 Å². The third-order valence-electron chi connectivity index (χ3n) is 5.54. The quantitative estimate of drug-likeness (QED) is 0.729. The summed E-state index contributed by atoms with van der Waals surface area (Å²) in [6.07, 6.45) is 3.25. The van der Waals surface area contributed by atoms with Crippen molar-refractivity contribution < 1.29 is 9.53 Å². The summed E-state index contributed by atoms with van der Waals surface area (Å²) in [5.41, 5.74) is 1.16. The lowest BCUT2D eigenvalue weighted by atomic mass is 9.78. The molecule has 2 aliphatic rings. The zero-order valence-electron chi connectivity index (χ0n) is 16.5. The first-order valence-corrected chi connectivity index (χ1v) is 11.2. The van der Waals surface area contributed by atoms with Gasteiger partial charge in [-0.15, -0.1) is 0 Å². The number of ether oxygens (including phenoxy) is 1. The fraction of sp³-hybridized carbons (Fsp3) is 0.700. The van der Waals surface area contributed by atoms with E-state index >= 15 is 0 Å². The van der Waals surface area contributed by atoms with Crippen molar-refractivity contribution in [3.05, 3.63) is 34.2 Å². The van der Waals surface area contributed by atoms with Gasteiger partial charge in [-0.2, -0.15) is 11.8 Å². The summed E-state index contributed by atoms with van der Waals surface area (Å²) >= 11 is 1.87. The Kier molecular flexibility index (Phi) is 7.00. The van der Waals surface area contributed by atoms with Crippen molar-refractivity contribution >= 4 is 17.7 Å². The molecule has 0 aliphatic carbocycles. The maximum atomic E-state index is 12.6. The van der Waals surface area contributed by atoms with E-state index in [1.54, 1.807) is 6.07 Å². The van der Waals surface area contributed by atoms with Crippen LogP contribution in [0, 0.1) is 5.92 Å². The lowest BCUT2D eigenvalue weighted by Crippen LogP contribution is -2.52. The van der Waals surface area contributed by atoms with Crippen molar-refractivity contribution in [2.75, 3.05) is 44.8 Å². The summed E-state index contributed by atoms with van der Waals surface area (Å²) in [6.45, 7) is 7.44. The topological polar surface area (TPSA) is 63.6 Å². The normalized spacial score (nSPS) is 24.7. The summed E-state index contributed by atoms with van der Waals surface area (Å²) in [4.78, 5) is 27.3. The highest BCUT2D eigenvalue weighted by atomic mass is 32.2. The predicted molar refractivity (Wildman–Crippen MR) is 110 cm³/mol. The molecular formula is C20H31N3O3S. The molecule has 2 aliphatic heterocycles. The maximum Gasteiger partial charge on any atom is 0.251 e. The summed E-state index contributed by atoms with van der Waals surface area (Å²) in [5.74, 6) is 1.78. The van der Waals surface area contributed by atoms with Crippen LogP contribution in [0.2, 0.25) is 0 Å². The molecule has 6 nitrogen and oxygen atoms in total. The van der Waals surface area contributed by atoms with Gasteiger partial charge in [-0.25, -0.2) is 0 Å². The van der Waals surface area contributed by atoms with E-state index in [1.807, 2.05) is 36.2 Å². The minimum Gasteiger partial charge on any atom is -0.369 e. The number of rotatable bonds is 8. The number of piperidine rings is 1. The van der Waals surface area contributed by atoms with Crippen LogP contribution >= 0.6 is 11.8 Å². The van der Waals surface area contributed by atoms with Crippen molar-refractivity contribution in [3.63, 3.8) is 0 Å². The van der Waals surface area contributed by atoms with Gasteiger partial charge in [0, 0.05) is 49.6 Å². The lowest BCUT2D eigenvalue weighted by molar-refractivity contribution is -0.127. The first kappa shape index (κ1) is 20.4. The molecule has 3 rings (SSSR count). The second kappa shape index (κ2) is 9.26. The monoisotopic (exact) mass is 393 g/mol. The SMILES string of the molecule is CSCCN1C[C@H]2C[C@@H](C1)[C@H](CNC(=O)COC(C)C)n1c2cccc1=O. The third kappa shape index (κ3) is 4.95. The number of nitrogens with zero attached hydrogens (tertiary/aromatic N) is 2. The summed E-state index contributed by atoms with van der Waals surface area (Å²) in [6, 6.07) is 5.58. The average molecular weight is 394 g/mol. The number of fused-ring (bicyclic) bond motifs is 4. The molecule has 0 spiro atoms. The van der Waals surface area contributed by atoms with Crippen LogP contribution < -0.4 is 10.9 Å². The van der Waals surface area contributed by atoms with Crippen LogP contribution in [-0.4, -0.2) is 66.3 Å². The van der Waals surface area contributed by atoms with Gasteiger partial charge >= 0.3 is 0 Å². The van der Waals surface area contributed by atoms with E-state index in [9.17, 15) is 9.59 Å². The Morgan fingerprint density at radius 2 is 2.19 bits per heavy atom. The Bertz CT molecular complexity index is 706. The molecule has 3 atom stereocenters. The number of pyridine rings is 1. The molecule has 7 heteroatoms. The molecule has 0 radical (unpaired) electrons.